The first kappa shape index (κ1) is 10.9. The molecule has 4 heteroatoms. The summed E-state index contributed by atoms with van der Waals surface area (Å²) in [6, 6.07) is 3.30. The number of rotatable bonds is 4. The third-order valence-corrected chi connectivity index (χ3v) is 2.04. The van der Waals surface area contributed by atoms with Crippen LogP contribution in [0.1, 0.15) is 12.6 Å². The molecular formula is C10H17N3O. The van der Waals surface area contributed by atoms with Crippen molar-refractivity contribution in [2.24, 2.45) is 5.92 Å². The second kappa shape index (κ2) is 4.91. The number of hydrogen-bond donors (Lipinski definition) is 1. The van der Waals surface area contributed by atoms with Crippen LogP contribution in [0.3, 0.4) is 0 Å². The summed E-state index contributed by atoms with van der Waals surface area (Å²) in [5.41, 5.74) is 0.847. The van der Waals surface area contributed by atoms with Crippen molar-refractivity contribution in [3.05, 3.63) is 28.2 Å². The molecule has 0 aromatic carbocycles. The molecule has 78 valence electrons. The van der Waals surface area contributed by atoms with Gasteiger partial charge in [-0.2, -0.15) is 5.10 Å². The minimum atomic E-state index is -0.0291. The van der Waals surface area contributed by atoms with E-state index in [1.807, 2.05) is 14.0 Å². The number of hydrogen-bond acceptors (Lipinski definition) is 3. The van der Waals surface area contributed by atoms with Crippen molar-refractivity contribution in [2.75, 3.05) is 13.6 Å². The van der Waals surface area contributed by atoms with Crippen LogP contribution in [0.4, 0.5) is 0 Å². The zero-order valence-electron chi connectivity index (χ0n) is 8.95. The number of aryl methyl sites for hydroxylation is 1. The molecule has 0 aliphatic carbocycles. The van der Waals surface area contributed by atoms with Crippen molar-refractivity contribution in [3.63, 3.8) is 0 Å². The molecule has 0 radical (unpaired) electrons. The molecule has 1 N–H and O–H groups in total. The fraction of sp³-hybridized carbons (Fsp3) is 0.600. The molecule has 4 nitrogen and oxygen atoms in total. The van der Waals surface area contributed by atoms with Crippen molar-refractivity contribution in [1.29, 1.82) is 0 Å². The first-order valence-corrected chi connectivity index (χ1v) is 4.83. The van der Waals surface area contributed by atoms with Crippen molar-refractivity contribution in [1.82, 2.24) is 15.1 Å². The molecule has 0 aliphatic rings. The zero-order valence-corrected chi connectivity index (χ0v) is 8.95. The van der Waals surface area contributed by atoms with E-state index in [1.54, 1.807) is 12.1 Å². The Morgan fingerprint density at radius 2 is 2.29 bits per heavy atom. The average molecular weight is 195 g/mol. The van der Waals surface area contributed by atoms with Gasteiger partial charge in [0.2, 0.25) is 0 Å². The van der Waals surface area contributed by atoms with Gasteiger partial charge in [0.05, 0.1) is 5.69 Å². The molecule has 0 bridgehead atoms. The summed E-state index contributed by atoms with van der Waals surface area (Å²) in [7, 11) is 1.91. The first-order chi connectivity index (χ1) is 6.63. The van der Waals surface area contributed by atoms with Crippen LogP contribution in [0.25, 0.3) is 0 Å². The van der Waals surface area contributed by atoms with Crippen molar-refractivity contribution in [2.45, 2.75) is 20.4 Å². The van der Waals surface area contributed by atoms with Gasteiger partial charge >= 0.3 is 0 Å². The quantitative estimate of drug-likeness (QED) is 0.757. The van der Waals surface area contributed by atoms with E-state index in [4.69, 9.17) is 0 Å². The molecule has 0 amide bonds. The molecule has 1 unspecified atom stereocenters. The second-order valence-electron chi connectivity index (χ2n) is 3.66. The zero-order chi connectivity index (χ0) is 10.6. The molecule has 0 spiro atoms. The number of nitrogens with one attached hydrogen (secondary N) is 1. The van der Waals surface area contributed by atoms with Crippen LogP contribution in [0.5, 0.6) is 0 Å². The summed E-state index contributed by atoms with van der Waals surface area (Å²) in [5, 5.41) is 7.25. The molecule has 0 saturated heterocycles. The van der Waals surface area contributed by atoms with E-state index in [-0.39, 0.29) is 5.56 Å². The highest BCUT2D eigenvalue weighted by atomic mass is 16.1. The molecule has 0 aliphatic heterocycles. The Labute approximate surface area is 84.0 Å². The van der Waals surface area contributed by atoms with E-state index in [1.165, 1.54) is 4.68 Å². The Hall–Kier alpha value is -1.16. The number of nitrogens with zero attached hydrogens (tertiary/aromatic N) is 2. The standard InChI is InChI=1S/C10H17N3O/c1-8(6-11-3)7-13-10(14)5-4-9(2)12-13/h4-5,8,11H,6-7H2,1-3H3. The fourth-order valence-corrected chi connectivity index (χ4v) is 1.39. The molecule has 14 heavy (non-hydrogen) atoms. The van der Waals surface area contributed by atoms with Gasteiger partial charge in [0.15, 0.2) is 0 Å². The summed E-state index contributed by atoms with van der Waals surface area (Å²) in [6.07, 6.45) is 0. The molecule has 1 aromatic heterocycles. The lowest BCUT2D eigenvalue weighted by Gasteiger charge is -2.11. The SMILES string of the molecule is CNCC(C)Cn1nc(C)ccc1=O. The molecule has 1 atom stereocenters. The van der Waals surface area contributed by atoms with Crippen LogP contribution in [-0.4, -0.2) is 23.4 Å². The fourth-order valence-electron chi connectivity index (χ4n) is 1.39. The van der Waals surface area contributed by atoms with E-state index in [0.29, 0.717) is 12.5 Å². The van der Waals surface area contributed by atoms with E-state index in [2.05, 4.69) is 17.3 Å². The molecule has 1 rings (SSSR count). The number of aromatic nitrogens is 2. The smallest absolute Gasteiger partial charge is 0.266 e. The molecular weight excluding hydrogens is 178 g/mol. The van der Waals surface area contributed by atoms with E-state index < -0.39 is 0 Å². The summed E-state index contributed by atoms with van der Waals surface area (Å²) in [6.45, 7) is 5.54. The predicted octanol–water partition coefficient (Wildman–Crippen LogP) is 0.407. The minimum absolute atomic E-state index is 0.0291. The van der Waals surface area contributed by atoms with Crippen LogP contribution in [0.2, 0.25) is 0 Å². The van der Waals surface area contributed by atoms with Gasteiger partial charge in [-0.3, -0.25) is 4.79 Å². The van der Waals surface area contributed by atoms with Gasteiger partial charge in [-0.1, -0.05) is 6.92 Å². The van der Waals surface area contributed by atoms with E-state index in [0.717, 1.165) is 12.2 Å². The van der Waals surface area contributed by atoms with Gasteiger partial charge in [-0.05, 0) is 32.5 Å². The van der Waals surface area contributed by atoms with Crippen LogP contribution in [0.15, 0.2) is 16.9 Å². The summed E-state index contributed by atoms with van der Waals surface area (Å²) >= 11 is 0. The second-order valence-corrected chi connectivity index (χ2v) is 3.66. The lowest BCUT2D eigenvalue weighted by atomic mass is 10.2. The maximum absolute atomic E-state index is 11.4. The Balaban J connectivity index is 2.75. The van der Waals surface area contributed by atoms with Gasteiger partial charge in [0.25, 0.3) is 5.56 Å². The average Bonchev–Trinajstić information content (AvgIpc) is 2.12. The predicted molar refractivity (Wildman–Crippen MR) is 56.3 cm³/mol. The van der Waals surface area contributed by atoms with Gasteiger partial charge in [-0.25, -0.2) is 4.68 Å². The van der Waals surface area contributed by atoms with Crippen molar-refractivity contribution < 1.29 is 0 Å². The van der Waals surface area contributed by atoms with Crippen molar-refractivity contribution >= 4 is 0 Å². The molecule has 1 aromatic rings. The summed E-state index contributed by atoms with van der Waals surface area (Å²) in [4.78, 5) is 11.4. The largest absolute Gasteiger partial charge is 0.319 e. The lowest BCUT2D eigenvalue weighted by molar-refractivity contribution is 0.419. The lowest BCUT2D eigenvalue weighted by Crippen LogP contribution is -2.29. The van der Waals surface area contributed by atoms with Gasteiger partial charge in [0.1, 0.15) is 0 Å². The summed E-state index contributed by atoms with van der Waals surface area (Å²) in [5.74, 6) is 0.409. The van der Waals surface area contributed by atoms with Crippen LogP contribution in [-0.2, 0) is 6.54 Å². The topological polar surface area (TPSA) is 46.9 Å². The molecule has 0 saturated carbocycles. The molecule has 1 heterocycles. The van der Waals surface area contributed by atoms with Gasteiger partial charge < -0.3 is 5.32 Å². The third kappa shape index (κ3) is 2.96. The maximum Gasteiger partial charge on any atom is 0.266 e. The summed E-state index contributed by atoms with van der Waals surface area (Å²) < 4.78 is 1.53. The van der Waals surface area contributed by atoms with Crippen molar-refractivity contribution in [3.8, 4) is 0 Å². The maximum atomic E-state index is 11.4. The third-order valence-electron chi connectivity index (χ3n) is 2.04. The minimum Gasteiger partial charge on any atom is -0.319 e. The Bertz CT molecular complexity index is 345. The van der Waals surface area contributed by atoms with E-state index in [9.17, 15) is 4.79 Å². The molecule has 0 fully saturated rings. The van der Waals surface area contributed by atoms with Gasteiger partial charge in [0, 0.05) is 12.6 Å². The highest BCUT2D eigenvalue weighted by molar-refractivity contribution is 4.97. The highest BCUT2D eigenvalue weighted by Crippen LogP contribution is 1.95. The monoisotopic (exact) mass is 195 g/mol. The Kier molecular flexibility index (Phi) is 3.83. The Morgan fingerprint density at radius 3 is 2.93 bits per heavy atom. The van der Waals surface area contributed by atoms with Crippen LogP contribution in [0, 0.1) is 12.8 Å². The highest BCUT2D eigenvalue weighted by Gasteiger charge is 2.04. The normalized spacial score (nSPS) is 12.8. The van der Waals surface area contributed by atoms with E-state index >= 15 is 0 Å². The first-order valence-electron chi connectivity index (χ1n) is 4.83. The van der Waals surface area contributed by atoms with Gasteiger partial charge in [-0.15, -0.1) is 0 Å². The van der Waals surface area contributed by atoms with Crippen LogP contribution < -0.4 is 10.9 Å². The van der Waals surface area contributed by atoms with Crippen LogP contribution >= 0.6 is 0 Å². The Morgan fingerprint density at radius 1 is 1.57 bits per heavy atom.